The van der Waals surface area contributed by atoms with Crippen LogP contribution in [0, 0.1) is 6.92 Å². The van der Waals surface area contributed by atoms with Gasteiger partial charge in [-0.15, -0.1) is 0 Å². The van der Waals surface area contributed by atoms with Crippen molar-refractivity contribution >= 4 is 33.6 Å². The number of carbonyl (C=O) groups excluding carboxylic acids is 1. The fraction of sp³-hybridized carbons (Fsp3) is 0.429. The number of halogens is 1. The van der Waals surface area contributed by atoms with Gasteiger partial charge in [0.05, 0.1) is 0 Å². The van der Waals surface area contributed by atoms with Crippen molar-refractivity contribution in [1.82, 2.24) is 5.32 Å². The molecule has 1 rings (SSSR count). The van der Waals surface area contributed by atoms with E-state index in [9.17, 15) is 14.7 Å². The Hall–Kier alpha value is -1.56. The molecular formula is C14H19BrN2O3. The van der Waals surface area contributed by atoms with E-state index in [0.29, 0.717) is 18.5 Å². The van der Waals surface area contributed by atoms with Gasteiger partial charge in [-0.2, -0.15) is 0 Å². The zero-order valence-corrected chi connectivity index (χ0v) is 13.4. The van der Waals surface area contributed by atoms with Crippen LogP contribution in [-0.2, 0) is 4.79 Å². The van der Waals surface area contributed by atoms with Crippen LogP contribution in [-0.4, -0.2) is 22.6 Å². The Bertz CT molecular complexity index is 519. The highest BCUT2D eigenvalue weighted by Crippen LogP contribution is 2.20. The number of aryl methyl sites for hydroxylation is 1. The normalized spacial score (nSPS) is 13.4. The Morgan fingerprint density at radius 2 is 2.05 bits per heavy atom. The average molecular weight is 343 g/mol. The van der Waals surface area contributed by atoms with Crippen molar-refractivity contribution in [2.24, 2.45) is 0 Å². The van der Waals surface area contributed by atoms with Gasteiger partial charge in [0.15, 0.2) is 0 Å². The predicted molar refractivity (Wildman–Crippen MR) is 82.0 cm³/mol. The van der Waals surface area contributed by atoms with E-state index in [2.05, 4.69) is 26.6 Å². The number of anilines is 1. The van der Waals surface area contributed by atoms with Crippen LogP contribution in [0.1, 0.15) is 32.3 Å². The zero-order valence-electron chi connectivity index (χ0n) is 11.8. The molecule has 0 aliphatic rings. The van der Waals surface area contributed by atoms with Crippen LogP contribution >= 0.6 is 15.9 Å². The molecule has 2 amide bonds. The smallest absolute Gasteiger partial charge is 0.329 e. The molecule has 1 aromatic carbocycles. The Balaban J connectivity index is 2.75. The predicted octanol–water partition coefficient (Wildman–Crippen LogP) is 3.52. The lowest BCUT2D eigenvalue weighted by atomic mass is 9.97. The number of amides is 2. The van der Waals surface area contributed by atoms with Gasteiger partial charge in [-0.1, -0.05) is 29.3 Å². The van der Waals surface area contributed by atoms with Gasteiger partial charge in [-0.3, -0.25) is 0 Å². The lowest BCUT2D eigenvalue weighted by molar-refractivity contribution is -0.143. The number of carbonyl (C=O) groups is 2. The minimum absolute atomic E-state index is 0.370. The van der Waals surface area contributed by atoms with E-state index in [1.165, 1.54) is 6.92 Å². The van der Waals surface area contributed by atoms with E-state index in [4.69, 9.17) is 0 Å². The fourth-order valence-electron chi connectivity index (χ4n) is 1.86. The number of carboxylic acid groups (broad SMARTS) is 1. The molecule has 5 nitrogen and oxygen atoms in total. The Labute approximate surface area is 126 Å². The van der Waals surface area contributed by atoms with Crippen LogP contribution in [0.5, 0.6) is 0 Å². The Kier molecular flexibility index (Phi) is 5.56. The molecule has 6 heteroatoms. The molecule has 1 atom stereocenters. The van der Waals surface area contributed by atoms with Crippen LogP contribution in [0.15, 0.2) is 22.7 Å². The lowest BCUT2D eigenvalue weighted by Crippen LogP contribution is -2.53. The Morgan fingerprint density at radius 3 is 2.55 bits per heavy atom. The molecule has 0 saturated carbocycles. The van der Waals surface area contributed by atoms with Crippen LogP contribution < -0.4 is 10.6 Å². The first-order valence-electron chi connectivity index (χ1n) is 6.37. The van der Waals surface area contributed by atoms with Crippen LogP contribution in [0.25, 0.3) is 0 Å². The van der Waals surface area contributed by atoms with E-state index in [1.807, 2.05) is 26.0 Å². The maximum Gasteiger partial charge on any atom is 0.329 e. The molecule has 110 valence electrons. The van der Waals surface area contributed by atoms with Crippen molar-refractivity contribution in [3.63, 3.8) is 0 Å². The van der Waals surface area contributed by atoms with E-state index in [-0.39, 0.29) is 0 Å². The molecule has 1 unspecified atom stereocenters. The largest absolute Gasteiger partial charge is 0.480 e. The molecule has 0 aliphatic carbocycles. The van der Waals surface area contributed by atoms with Crippen molar-refractivity contribution < 1.29 is 14.7 Å². The first kappa shape index (κ1) is 16.5. The van der Waals surface area contributed by atoms with Crippen molar-refractivity contribution in [2.45, 2.75) is 39.2 Å². The second-order valence-corrected chi connectivity index (χ2v) is 5.78. The zero-order chi connectivity index (χ0) is 15.3. The molecule has 0 fully saturated rings. The summed E-state index contributed by atoms with van der Waals surface area (Å²) in [7, 11) is 0. The van der Waals surface area contributed by atoms with Crippen LogP contribution in [0.2, 0.25) is 0 Å². The van der Waals surface area contributed by atoms with Gasteiger partial charge in [0.1, 0.15) is 5.54 Å². The van der Waals surface area contributed by atoms with Gasteiger partial charge in [0.2, 0.25) is 0 Å². The first-order chi connectivity index (χ1) is 9.28. The summed E-state index contributed by atoms with van der Waals surface area (Å²) in [4.78, 5) is 23.2. The van der Waals surface area contributed by atoms with E-state index < -0.39 is 17.5 Å². The summed E-state index contributed by atoms with van der Waals surface area (Å²) in [6.45, 7) is 5.29. The van der Waals surface area contributed by atoms with Gasteiger partial charge in [-0.05, 0) is 44.0 Å². The van der Waals surface area contributed by atoms with Gasteiger partial charge in [-0.25, -0.2) is 9.59 Å². The molecule has 0 radical (unpaired) electrons. The summed E-state index contributed by atoms with van der Waals surface area (Å²) in [6.07, 6.45) is 1.04. The van der Waals surface area contributed by atoms with Gasteiger partial charge in [0, 0.05) is 10.2 Å². The van der Waals surface area contributed by atoms with E-state index >= 15 is 0 Å². The number of hydrogen-bond acceptors (Lipinski definition) is 2. The summed E-state index contributed by atoms with van der Waals surface area (Å²) in [6, 6.07) is 4.86. The van der Waals surface area contributed by atoms with Crippen LogP contribution in [0.3, 0.4) is 0 Å². The standard InChI is InChI=1S/C14H19BrN2O3/c1-4-7-14(3,12(18)19)17-13(20)16-10-5-6-11(15)9(2)8-10/h5-6,8H,4,7H2,1-3H3,(H,18,19)(H2,16,17,20). The quantitative estimate of drug-likeness (QED) is 0.765. The van der Waals surface area contributed by atoms with Gasteiger partial charge >= 0.3 is 12.0 Å². The number of hydrogen-bond donors (Lipinski definition) is 3. The number of rotatable bonds is 5. The summed E-state index contributed by atoms with van der Waals surface area (Å²) in [5, 5.41) is 14.4. The summed E-state index contributed by atoms with van der Waals surface area (Å²) in [5.74, 6) is -1.04. The van der Waals surface area contributed by atoms with E-state index in [0.717, 1.165) is 10.0 Å². The molecule has 0 aromatic heterocycles. The minimum atomic E-state index is -1.26. The lowest BCUT2D eigenvalue weighted by Gasteiger charge is -2.25. The molecule has 0 spiro atoms. The number of benzene rings is 1. The molecule has 3 N–H and O–H groups in total. The number of carboxylic acids is 1. The fourth-order valence-corrected chi connectivity index (χ4v) is 2.10. The summed E-state index contributed by atoms with van der Waals surface area (Å²) < 4.78 is 0.949. The summed E-state index contributed by atoms with van der Waals surface area (Å²) in [5.41, 5.74) is 0.341. The molecule has 0 saturated heterocycles. The number of nitrogens with one attached hydrogen (secondary N) is 2. The monoisotopic (exact) mass is 342 g/mol. The maximum atomic E-state index is 11.9. The van der Waals surface area contributed by atoms with Crippen molar-refractivity contribution in [1.29, 1.82) is 0 Å². The highest BCUT2D eigenvalue weighted by molar-refractivity contribution is 9.10. The topological polar surface area (TPSA) is 78.4 Å². The maximum absolute atomic E-state index is 11.9. The van der Waals surface area contributed by atoms with Crippen molar-refractivity contribution in [3.05, 3.63) is 28.2 Å². The van der Waals surface area contributed by atoms with Crippen LogP contribution in [0.4, 0.5) is 10.5 Å². The van der Waals surface area contributed by atoms with Crippen molar-refractivity contribution in [3.8, 4) is 0 Å². The second kappa shape index (κ2) is 6.74. The summed E-state index contributed by atoms with van der Waals surface area (Å²) >= 11 is 3.38. The second-order valence-electron chi connectivity index (χ2n) is 4.93. The van der Waals surface area contributed by atoms with E-state index in [1.54, 1.807) is 6.07 Å². The highest BCUT2D eigenvalue weighted by Gasteiger charge is 2.33. The molecule has 0 bridgehead atoms. The van der Waals surface area contributed by atoms with Gasteiger partial charge in [0.25, 0.3) is 0 Å². The third-order valence-electron chi connectivity index (χ3n) is 3.03. The molecule has 0 aliphatic heterocycles. The van der Waals surface area contributed by atoms with Crippen molar-refractivity contribution in [2.75, 3.05) is 5.32 Å². The molecule has 0 heterocycles. The molecule has 20 heavy (non-hydrogen) atoms. The number of aliphatic carboxylic acids is 1. The first-order valence-corrected chi connectivity index (χ1v) is 7.16. The third kappa shape index (κ3) is 4.23. The SMILES string of the molecule is CCCC(C)(NC(=O)Nc1ccc(Br)c(C)c1)C(=O)O. The third-order valence-corrected chi connectivity index (χ3v) is 3.92. The highest BCUT2D eigenvalue weighted by atomic mass is 79.9. The minimum Gasteiger partial charge on any atom is -0.480 e. The number of urea groups is 1. The molecule has 1 aromatic rings. The average Bonchev–Trinajstić information content (AvgIpc) is 2.33. The molecular weight excluding hydrogens is 324 g/mol. The van der Waals surface area contributed by atoms with Gasteiger partial charge < -0.3 is 15.7 Å². The Morgan fingerprint density at radius 1 is 1.40 bits per heavy atom.